The first-order valence-electron chi connectivity index (χ1n) is 8.53. The van der Waals surface area contributed by atoms with E-state index in [1.807, 2.05) is 0 Å². The zero-order valence-corrected chi connectivity index (χ0v) is 16.2. The van der Waals surface area contributed by atoms with Crippen molar-refractivity contribution in [2.45, 2.75) is 12.7 Å². The van der Waals surface area contributed by atoms with Gasteiger partial charge in [0.05, 0.1) is 11.3 Å². The van der Waals surface area contributed by atoms with E-state index in [4.69, 9.17) is 11.6 Å². The number of rotatable bonds is 4. The summed E-state index contributed by atoms with van der Waals surface area (Å²) in [5.74, 6) is -1.24. The Morgan fingerprint density at radius 1 is 1.10 bits per heavy atom. The third-order valence-electron chi connectivity index (χ3n) is 4.31. The minimum Gasteiger partial charge on any atom is -0.314 e. The van der Waals surface area contributed by atoms with Crippen molar-refractivity contribution in [3.8, 4) is 11.3 Å². The number of aromatic nitrogens is 2. The maximum atomic E-state index is 14.1. The van der Waals surface area contributed by atoms with Gasteiger partial charge in [-0.25, -0.2) is 9.07 Å². The van der Waals surface area contributed by atoms with Crippen molar-refractivity contribution in [2.24, 2.45) is 0 Å². The van der Waals surface area contributed by atoms with Crippen LogP contribution in [-0.2, 0) is 17.5 Å². The molecule has 30 heavy (non-hydrogen) atoms. The molecule has 0 fully saturated rings. The highest BCUT2D eigenvalue weighted by molar-refractivity contribution is 6.30. The summed E-state index contributed by atoms with van der Waals surface area (Å²) >= 11 is 5.73. The second kappa shape index (κ2) is 8.27. The number of nitrogens with zero attached hydrogens (tertiary/aromatic N) is 3. The van der Waals surface area contributed by atoms with E-state index >= 15 is 0 Å². The summed E-state index contributed by atoms with van der Waals surface area (Å²) in [5, 5.41) is 4.21. The topological polar surface area (TPSA) is 55.2 Å². The zero-order valence-electron chi connectivity index (χ0n) is 15.5. The Morgan fingerprint density at radius 2 is 1.77 bits per heavy atom. The van der Waals surface area contributed by atoms with Crippen LogP contribution < -0.4 is 10.5 Å². The lowest BCUT2D eigenvalue weighted by molar-refractivity contribution is -0.137. The number of carbonyl (C=O) groups is 1. The molecule has 0 saturated heterocycles. The number of carbonyl (C=O) groups excluding carboxylic acids is 1. The lowest BCUT2D eigenvalue weighted by Gasteiger charge is -2.18. The summed E-state index contributed by atoms with van der Waals surface area (Å²) in [6.07, 6.45) is -4.49. The van der Waals surface area contributed by atoms with Crippen LogP contribution in [0.5, 0.6) is 0 Å². The van der Waals surface area contributed by atoms with E-state index in [1.54, 1.807) is 0 Å². The second-order valence-corrected chi connectivity index (χ2v) is 6.77. The first-order chi connectivity index (χ1) is 14.1. The van der Waals surface area contributed by atoms with Crippen molar-refractivity contribution in [3.63, 3.8) is 0 Å². The lowest BCUT2D eigenvalue weighted by Crippen LogP contribution is -2.35. The summed E-state index contributed by atoms with van der Waals surface area (Å²) in [6.45, 7) is -0.487. The Hall–Kier alpha value is -3.20. The van der Waals surface area contributed by atoms with Gasteiger partial charge in [0.15, 0.2) is 0 Å². The molecule has 0 aliphatic carbocycles. The first kappa shape index (κ1) is 21.5. The van der Waals surface area contributed by atoms with Crippen LogP contribution in [0.15, 0.2) is 59.4 Å². The zero-order chi connectivity index (χ0) is 22.1. The summed E-state index contributed by atoms with van der Waals surface area (Å²) in [6, 6.07) is 10.4. The maximum Gasteiger partial charge on any atom is 0.416 e. The molecule has 5 nitrogen and oxygen atoms in total. The van der Waals surface area contributed by atoms with Gasteiger partial charge in [-0.3, -0.25) is 9.59 Å². The number of alkyl halides is 3. The molecule has 0 bridgehead atoms. The van der Waals surface area contributed by atoms with Crippen molar-refractivity contribution >= 4 is 23.2 Å². The average Bonchev–Trinajstić information content (AvgIpc) is 2.68. The number of hydrogen-bond acceptors (Lipinski definition) is 3. The Morgan fingerprint density at radius 3 is 2.37 bits per heavy atom. The monoisotopic (exact) mass is 439 g/mol. The van der Waals surface area contributed by atoms with Crippen molar-refractivity contribution in [1.82, 2.24) is 9.78 Å². The van der Waals surface area contributed by atoms with Gasteiger partial charge >= 0.3 is 6.18 Å². The third-order valence-corrected chi connectivity index (χ3v) is 4.55. The largest absolute Gasteiger partial charge is 0.416 e. The molecule has 0 aliphatic rings. The van der Waals surface area contributed by atoms with Gasteiger partial charge in [0.1, 0.15) is 12.4 Å². The SMILES string of the molecule is CN(C(=O)Cn1nc(-c2ccc(Cl)cc2F)ccc1=O)c1ccc(C(F)(F)F)cc1. The fraction of sp³-hybridized carbons (Fsp3) is 0.150. The van der Waals surface area contributed by atoms with Crippen LogP contribution >= 0.6 is 11.6 Å². The highest BCUT2D eigenvalue weighted by Crippen LogP contribution is 2.30. The van der Waals surface area contributed by atoms with Crippen molar-refractivity contribution in [1.29, 1.82) is 0 Å². The molecular weight excluding hydrogens is 426 g/mol. The summed E-state index contributed by atoms with van der Waals surface area (Å²) < 4.78 is 53.0. The highest BCUT2D eigenvalue weighted by Gasteiger charge is 2.30. The van der Waals surface area contributed by atoms with E-state index in [0.29, 0.717) is 0 Å². The highest BCUT2D eigenvalue weighted by atomic mass is 35.5. The number of amides is 1. The molecular formula is C20H14ClF4N3O2. The Labute approximate surface area is 173 Å². The van der Waals surface area contributed by atoms with Gasteiger partial charge in [0.25, 0.3) is 5.56 Å². The standard InChI is InChI=1S/C20H14ClF4N3O2/c1-27(14-5-2-12(3-6-14)20(23,24)25)19(30)11-28-18(29)9-8-17(26-28)15-7-4-13(21)10-16(15)22/h2-10H,11H2,1H3. The molecule has 0 unspecified atom stereocenters. The van der Waals surface area contributed by atoms with Crippen LogP contribution in [0.3, 0.4) is 0 Å². The molecule has 1 heterocycles. The quantitative estimate of drug-likeness (QED) is 0.567. The molecule has 156 valence electrons. The fourth-order valence-electron chi connectivity index (χ4n) is 2.66. The summed E-state index contributed by atoms with van der Waals surface area (Å²) in [4.78, 5) is 25.7. The number of halogens is 5. The molecule has 10 heteroatoms. The number of benzene rings is 2. The molecule has 0 N–H and O–H groups in total. The van der Waals surface area contributed by atoms with E-state index < -0.39 is 35.6 Å². The molecule has 0 saturated carbocycles. The third kappa shape index (κ3) is 4.68. The molecule has 0 spiro atoms. The smallest absolute Gasteiger partial charge is 0.314 e. The molecule has 1 amide bonds. The van der Waals surface area contributed by atoms with Gasteiger partial charge in [-0.2, -0.15) is 18.3 Å². The average molecular weight is 440 g/mol. The molecule has 1 aromatic heterocycles. The predicted molar refractivity (Wildman–Crippen MR) is 104 cm³/mol. The number of anilines is 1. The van der Waals surface area contributed by atoms with Gasteiger partial charge in [0, 0.05) is 29.4 Å². The van der Waals surface area contributed by atoms with Crippen LogP contribution in [0, 0.1) is 5.82 Å². The summed E-state index contributed by atoms with van der Waals surface area (Å²) in [7, 11) is 1.36. The molecule has 2 aromatic carbocycles. The van der Waals surface area contributed by atoms with Gasteiger partial charge < -0.3 is 4.90 Å². The lowest BCUT2D eigenvalue weighted by atomic mass is 10.1. The predicted octanol–water partition coefficient (Wildman–Crippen LogP) is 4.38. The van der Waals surface area contributed by atoms with Crippen LogP contribution in [0.25, 0.3) is 11.3 Å². The maximum absolute atomic E-state index is 14.1. The molecule has 3 aromatic rings. The minimum atomic E-state index is -4.49. The van der Waals surface area contributed by atoms with E-state index in [9.17, 15) is 27.2 Å². The second-order valence-electron chi connectivity index (χ2n) is 6.34. The van der Waals surface area contributed by atoms with Crippen LogP contribution in [0.1, 0.15) is 5.56 Å². The van der Waals surface area contributed by atoms with Gasteiger partial charge in [0.2, 0.25) is 5.91 Å². The van der Waals surface area contributed by atoms with E-state index in [1.165, 1.54) is 25.2 Å². The Balaban J connectivity index is 1.83. The Bertz CT molecular complexity index is 1140. The van der Waals surface area contributed by atoms with Crippen molar-refractivity contribution in [2.75, 3.05) is 11.9 Å². The molecule has 0 radical (unpaired) electrons. The fourth-order valence-corrected chi connectivity index (χ4v) is 2.81. The van der Waals surface area contributed by atoms with E-state index in [0.717, 1.165) is 46.0 Å². The van der Waals surface area contributed by atoms with Crippen LogP contribution in [0.4, 0.5) is 23.2 Å². The van der Waals surface area contributed by atoms with Crippen LogP contribution in [0.2, 0.25) is 5.02 Å². The van der Waals surface area contributed by atoms with Crippen LogP contribution in [-0.4, -0.2) is 22.7 Å². The van der Waals surface area contributed by atoms with E-state index in [-0.39, 0.29) is 22.0 Å². The molecule has 0 atom stereocenters. The Kier molecular flexibility index (Phi) is 5.93. The summed E-state index contributed by atoms with van der Waals surface area (Å²) in [5.41, 5.74) is -1.02. The number of likely N-dealkylation sites (N-methyl/N-ethyl adjacent to an activating group) is 1. The van der Waals surface area contributed by atoms with Gasteiger partial charge in [-0.1, -0.05) is 11.6 Å². The minimum absolute atomic E-state index is 0.0942. The van der Waals surface area contributed by atoms with Crippen molar-refractivity contribution < 1.29 is 22.4 Å². The number of hydrogen-bond donors (Lipinski definition) is 0. The normalized spacial score (nSPS) is 11.4. The van der Waals surface area contributed by atoms with Crippen molar-refractivity contribution in [3.05, 3.63) is 81.4 Å². The first-order valence-corrected chi connectivity index (χ1v) is 8.91. The van der Waals surface area contributed by atoms with Gasteiger partial charge in [-0.15, -0.1) is 0 Å². The van der Waals surface area contributed by atoms with Gasteiger partial charge in [-0.05, 0) is 48.5 Å². The molecule has 0 aliphatic heterocycles. The van der Waals surface area contributed by atoms with E-state index in [2.05, 4.69) is 5.10 Å². The molecule has 3 rings (SSSR count).